The third-order valence-electron chi connectivity index (χ3n) is 5.39. The molecule has 1 N–H and O–H groups in total. The lowest BCUT2D eigenvalue weighted by molar-refractivity contribution is -0.132. The maximum atomic E-state index is 13.2. The molecule has 0 spiro atoms. The molecular formula is C25H17ClN4O3S2. The van der Waals surface area contributed by atoms with Crippen LogP contribution in [-0.2, 0) is 15.3 Å². The van der Waals surface area contributed by atoms with E-state index in [9.17, 15) is 14.7 Å². The van der Waals surface area contributed by atoms with Crippen molar-refractivity contribution >= 4 is 57.3 Å². The molecule has 1 saturated heterocycles. The molecule has 2 aromatic carbocycles. The van der Waals surface area contributed by atoms with Gasteiger partial charge in [0.25, 0.3) is 5.78 Å². The third-order valence-corrected chi connectivity index (χ3v) is 7.77. The van der Waals surface area contributed by atoms with Crippen LogP contribution in [0, 0.1) is 0 Å². The molecule has 1 atom stereocenters. The predicted molar refractivity (Wildman–Crippen MR) is 136 cm³/mol. The van der Waals surface area contributed by atoms with Crippen molar-refractivity contribution in [2.24, 2.45) is 0 Å². The fourth-order valence-electron chi connectivity index (χ4n) is 3.73. The van der Waals surface area contributed by atoms with Gasteiger partial charge in [0.2, 0.25) is 5.13 Å². The zero-order valence-corrected chi connectivity index (χ0v) is 20.4. The number of hydrogen-bond donors (Lipinski definition) is 1. The first-order valence-corrected chi connectivity index (χ1v) is 12.7. The summed E-state index contributed by atoms with van der Waals surface area (Å²) in [6.45, 7) is 0. The number of amides is 1. The molecule has 4 aromatic rings. The number of hydrogen-bond acceptors (Lipinski definition) is 8. The highest BCUT2D eigenvalue weighted by Crippen LogP contribution is 2.43. The summed E-state index contributed by atoms with van der Waals surface area (Å²) >= 11 is 8.64. The lowest BCUT2D eigenvalue weighted by Gasteiger charge is -2.22. The molecule has 1 unspecified atom stereocenters. The van der Waals surface area contributed by atoms with Crippen LogP contribution < -0.4 is 4.90 Å². The molecule has 1 fully saturated rings. The third kappa shape index (κ3) is 4.70. The molecule has 2 aromatic heterocycles. The van der Waals surface area contributed by atoms with Crippen LogP contribution in [0.25, 0.3) is 5.76 Å². The van der Waals surface area contributed by atoms with Crippen LogP contribution in [0.3, 0.4) is 0 Å². The highest BCUT2D eigenvalue weighted by atomic mass is 35.5. The monoisotopic (exact) mass is 520 g/mol. The number of carbonyl (C=O) groups excluding carboxylic acids is 2. The Morgan fingerprint density at radius 3 is 2.43 bits per heavy atom. The normalized spacial score (nSPS) is 17.2. The van der Waals surface area contributed by atoms with Gasteiger partial charge in [-0.25, -0.2) is 0 Å². The number of pyridine rings is 1. The minimum absolute atomic E-state index is 0.00188. The summed E-state index contributed by atoms with van der Waals surface area (Å²) in [6.07, 6.45) is 3.02. The summed E-state index contributed by atoms with van der Waals surface area (Å²) in [5.74, 6) is -1.16. The van der Waals surface area contributed by atoms with E-state index in [-0.39, 0.29) is 16.5 Å². The first-order valence-electron chi connectivity index (χ1n) is 10.5. The van der Waals surface area contributed by atoms with Crippen molar-refractivity contribution in [1.82, 2.24) is 15.2 Å². The first kappa shape index (κ1) is 23.2. The average Bonchev–Trinajstić information content (AvgIpc) is 3.46. The Morgan fingerprint density at radius 1 is 1.00 bits per heavy atom. The zero-order chi connectivity index (χ0) is 24.4. The molecule has 0 radical (unpaired) electrons. The molecule has 10 heteroatoms. The van der Waals surface area contributed by atoms with Crippen molar-refractivity contribution in [1.29, 1.82) is 0 Å². The van der Waals surface area contributed by atoms with E-state index in [4.69, 9.17) is 11.6 Å². The Labute approximate surface area is 214 Å². The van der Waals surface area contributed by atoms with E-state index in [0.717, 1.165) is 5.56 Å². The number of carbonyl (C=O) groups is 2. The number of ketones is 1. The van der Waals surface area contributed by atoms with Gasteiger partial charge >= 0.3 is 5.91 Å². The summed E-state index contributed by atoms with van der Waals surface area (Å²) in [5, 5.41) is 20.4. The molecule has 35 heavy (non-hydrogen) atoms. The average molecular weight is 521 g/mol. The summed E-state index contributed by atoms with van der Waals surface area (Å²) in [5.41, 5.74) is 2.14. The predicted octanol–water partition coefficient (Wildman–Crippen LogP) is 5.51. The van der Waals surface area contributed by atoms with Crippen molar-refractivity contribution in [2.45, 2.75) is 16.1 Å². The maximum Gasteiger partial charge on any atom is 0.301 e. The van der Waals surface area contributed by atoms with Crippen LogP contribution >= 0.6 is 34.7 Å². The van der Waals surface area contributed by atoms with Crippen LogP contribution in [0.2, 0.25) is 5.02 Å². The van der Waals surface area contributed by atoms with Gasteiger partial charge in [-0.15, -0.1) is 10.2 Å². The SMILES string of the molecule is O=C1C(=O)N(c2nnc(SCc3ccc(Cl)cc3)s2)C(c2ccccc2)C1=C(O)c1ccncc1. The van der Waals surface area contributed by atoms with E-state index in [1.165, 1.54) is 40.4 Å². The second-order valence-corrected chi connectivity index (χ2v) is 10.2. The number of benzene rings is 2. The fraction of sp³-hybridized carbons (Fsp3) is 0.0800. The first-order chi connectivity index (χ1) is 17.0. The Balaban J connectivity index is 1.51. The molecule has 3 heterocycles. The summed E-state index contributed by atoms with van der Waals surface area (Å²) in [4.78, 5) is 31.6. The quantitative estimate of drug-likeness (QED) is 0.118. The molecule has 1 aliphatic rings. The highest BCUT2D eigenvalue weighted by molar-refractivity contribution is 8.00. The minimum Gasteiger partial charge on any atom is -0.507 e. The van der Waals surface area contributed by atoms with Crippen molar-refractivity contribution in [3.8, 4) is 0 Å². The maximum absolute atomic E-state index is 13.2. The largest absolute Gasteiger partial charge is 0.507 e. The Morgan fingerprint density at radius 2 is 1.71 bits per heavy atom. The molecule has 7 nitrogen and oxygen atoms in total. The fourth-order valence-corrected chi connectivity index (χ4v) is 5.68. The van der Waals surface area contributed by atoms with Crippen molar-refractivity contribution < 1.29 is 14.7 Å². The molecule has 1 amide bonds. The van der Waals surface area contributed by atoms with Crippen LogP contribution in [0.15, 0.2) is 89.0 Å². The van der Waals surface area contributed by atoms with Gasteiger partial charge < -0.3 is 5.11 Å². The van der Waals surface area contributed by atoms with E-state index in [2.05, 4.69) is 15.2 Å². The van der Waals surface area contributed by atoms with E-state index < -0.39 is 17.7 Å². The van der Waals surface area contributed by atoms with E-state index >= 15 is 0 Å². The van der Waals surface area contributed by atoms with Gasteiger partial charge in [0, 0.05) is 28.7 Å². The number of thioether (sulfide) groups is 1. The number of aliphatic hydroxyl groups excluding tert-OH is 1. The second-order valence-electron chi connectivity index (χ2n) is 7.58. The smallest absolute Gasteiger partial charge is 0.301 e. The number of halogens is 1. The molecular weight excluding hydrogens is 504 g/mol. The van der Waals surface area contributed by atoms with E-state index in [0.29, 0.717) is 26.2 Å². The van der Waals surface area contributed by atoms with Crippen molar-refractivity contribution in [3.05, 3.63) is 106 Å². The second kappa shape index (κ2) is 9.99. The van der Waals surface area contributed by atoms with Crippen LogP contribution in [-0.4, -0.2) is 32.0 Å². The lowest BCUT2D eigenvalue weighted by Crippen LogP contribution is -2.29. The van der Waals surface area contributed by atoms with Crippen LogP contribution in [0.5, 0.6) is 0 Å². The Bertz CT molecular complexity index is 1410. The van der Waals surface area contributed by atoms with E-state index in [1.807, 2.05) is 42.5 Å². The summed E-state index contributed by atoms with van der Waals surface area (Å²) in [7, 11) is 0. The van der Waals surface area contributed by atoms with E-state index in [1.54, 1.807) is 24.3 Å². The van der Waals surface area contributed by atoms with Gasteiger partial charge in [-0.05, 0) is 35.4 Å². The number of rotatable bonds is 6. The van der Waals surface area contributed by atoms with Crippen LogP contribution in [0.4, 0.5) is 5.13 Å². The number of aliphatic hydroxyl groups is 1. The van der Waals surface area contributed by atoms with Gasteiger partial charge in [-0.1, -0.05) is 77.2 Å². The molecule has 5 rings (SSSR count). The molecule has 0 bridgehead atoms. The standard InChI is InChI=1S/C25H17ClN4O3S2/c26-18-8-6-15(7-9-18)14-34-25-29-28-24(35-25)30-20(16-4-2-1-3-5-16)19(22(32)23(30)33)21(31)17-10-12-27-13-11-17/h1-13,20,31H,14H2. The molecule has 0 aliphatic carbocycles. The van der Waals surface area contributed by atoms with Gasteiger partial charge in [0.15, 0.2) is 4.34 Å². The minimum atomic E-state index is -0.841. The molecule has 0 saturated carbocycles. The number of aromatic nitrogens is 3. The van der Waals surface area contributed by atoms with Gasteiger partial charge in [-0.3, -0.25) is 19.5 Å². The lowest BCUT2D eigenvalue weighted by atomic mass is 9.96. The summed E-state index contributed by atoms with van der Waals surface area (Å²) in [6, 6.07) is 18.9. The topological polar surface area (TPSA) is 96.3 Å². The van der Waals surface area contributed by atoms with Crippen molar-refractivity contribution in [2.75, 3.05) is 4.90 Å². The highest BCUT2D eigenvalue weighted by Gasteiger charge is 2.48. The molecule has 174 valence electrons. The Kier molecular flexibility index (Phi) is 6.63. The zero-order valence-electron chi connectivity index (χ0n) is 18.0. The van der Waals surface area contributed by atoms with Gasteiger partial charge in [0.1, 0.15) is 5.76 Å². The summed E-state index contributed by atoms with van der Waals surface area (Å²) < 4.78 is 0.651. The molecule has 1 aliphatic heterocycles. The van der Waals surface area contributed by atoms with Crippen molar-refractivity contribution in [3.63, 3.8) is 0 Å². The van der Waals surface area contributed by atoms with Gasteiger partial charge in [-0.2, -0.15) is 0 Å². The van der Waals surface area contributed by atoms with Gasteiger partial charge in [0.05, 0.1) is 11.6 Å². The number of anilines is 1. The van der Waals surface area contributed by atoms with Crippen LogP contribution in [0.1, 0.15) is 22.7 Å². The number of nitrogens with zero attached hydrogens (tertiary/aromatic N) is 4. The number of Topliss-reactive ketones (excluding diaryl/α,β-unsaturated/α-hetero) is 1. The Hall–Kier alpha value is -3.53.